The van der Waals surface area contributed by atoms with Crippen molar-refractivity contribution in [1.29, 1.82) is 0 Å². The molecule has 4 rings (SSSR count). The van der Waals surface area contributed by atoms with E-state index in [4.69, 9.17) is 16.0 Å². The van der Waals surface area contributed by atoms with Crippen LogP contribution in [0.25, 0.3) is 11.0 Å². The van der Waals surface area contributed by atoms with Gasteiger partial charge in [0.15, 0.2) is 5.58 Å². The quantitative estimate of drug-likeness (QED) is 0.417. The van der Waals surface area contributed by atoms with E-state index in [-0.39, 0.29) is 11.5 Å². The van der Waals surface area contributed by atoms with E-state index in [0.29, 0.717) is 46.6 Å². The molecule has 1 saturated heterocycles. The molecule has 1 aromatic heterocycles. The van der Waals surface area contributed by atoms with Crippen LogP contribution in [0.4, 0.5) is 5.69 Å². The number of rotatable bonds is 2. The molecule has 8 heteroatoms. The summed E-state index contributed by atoms with van der Waals surface area (Å²) in [5.41, 5.74) is 2.06. The monoisotopic (exact) mass is 538 g/mol. The van der Waals surface area contributed by atoms with Crippen molar-refractivity contribution in [2.75, 3.05) is 31.1 Å². The lowest BCUT2D eigenvalue weighted by molar-refractivity contribution is 0.0742. The minimum absolute atomic E-state index is 0.0508. The minimum atomic E-state index is -0.626. The summed E-state index contributed by atoms with van der Waals surface area (Å²) < 4.78 is 6.90. The molecule has 29 heavy (non-hydrogen) atoms. The Morgan fingerprint density at radius 3 is 2.52 bits per heavy atom. The molecule has 0 spiro atoms. The van der Waals surface area contributed by atoms with Gasteiger partial charge in [-0.05, 0) is 58.7 Å². The number of amides is 1. The Morgan fingerprint density at radius 1 is 1.07 bits per heavy atom. The average Bonchev–Trinajstić information content (AvgIpc) is 2.69. The van der Waals surface area contributed by atoms with Crippen LogP contribution in [-0.2, 0) is 0 Å². The summed E-state index contributed by atoms with van der Waals surface area (Å²) in [7, 11) is 0. The number of anilines is 1. The zero-order valence-electron chi connectivity index (χ0n) is 15.5. The molecule has 0 radical (unpaired) electrons. The normalized spacial score (nSPS) is 14.5. The number of fused-ring (bicyclic) bond motifs is 1. The number of nitrogens with zero attached hydrogens (tertiary/aromatic N) is 2. The first-order valence-corrected chi connectivity index (χ1v) is 11.0. The minimum Gasteiger partial charge on any atom is -0.421 e. The van der Waals surface area contributed by atoms with Gasteiger partial charge in [0.25, 0.3) is 5.91 Å². The molecule has 0 N–H and O–H groups in total. The van der Waals surface area contributed by atoms with Crippen LogP contribution < -0.4 is 10.5 Å². The van der Waals surface area contributed by atoms with Gasteiger partial charge in [0.05, 0.1) is 4.47 Å². The molecule has 1 aliphatic heterocycles. The van der Waals surface area contributed by atoms with E-state index in [1.807, 2.05) is 31.2 Å². The molecule has 2 aromatic carbocycles. The second-order valence-corrected chi connectivity index (χ2v) is 9.17. The van der Waals surface area contributed by atoms with Crippen LogP contribution in [0.3, 0.4) is 0 Å². The zero-order chi connectivity index (χ0) is 20.7. The first-order chi connectivity index (χ1) is 13.8. The molecule has 1 amide bonds. The molecule has 5 nitrogen and oxygen atoms in total. The largest absolute Gasteiger partial charge is 0.421 e. The number of carbonyl (C=O) groups is 1. The van der Waals surface area contributed by atoms with Gasteiger partial charge in [-0.15, -0.1) is 0 Å². The summed E-state index contributed by atoms with van der Waals surface area (Å²) in [5.74, 6) is -0.306. The molecule has 3 aromatic rings. The predicted molar refractivity (Wildman–Crippen MR) is 122 cm³/mol. The third-order valence-electron chi connectivity index (χ3n) is 5.06. The Kier molecular flexibility index (Phi) is 5.73. The van der Waals surface area contributed by atoms with Gasteiger partial charge in [-0.25, -0.2) is 4.79 Å². The summed E-state index contributed by atoms with van der Waals surface area (Å²) in [6, 6.07) is 11.0. The summed E-state index contributed by atoms with van der Waals surface area (Å²) in [5, 5.41) is 1.37. The van der Waals surface area contributed by atoms with Crippen LogP contribution in [0.5, 0.6) is 0 Å². The van der Waals surface area contributed by atoms with E-state index in [0.717, 1.165) is 15.7 Å². The van der Waals surface area contributed by atoms with Crippen LogP contribution in [0.1, 0.15) is 15.9 Å². The van der Waals surface area contributed by atoms with E-state index in [2.05, 4.69) is 36.8 Å². The Hall–Kier alpha value is -1.83. The molecule has 0 bridgehead atoms. The van der Waals surface area contributed by atoms with Gasteiger partial charge >= 0.3 is 5.63 Å². The third-order valence-corrected chi connectivity index (χ3v) is 6.34. The fourth-order valence-electron chi connectivity index (χ4n) is 3.55. The van der Waals surface area contributed by atoms with Crippen LogP contribution in [-0.4, -0.2) is 37.0 Å². The number of halogens is 3. The van der Waals surface area contributed by atoms with Crippen molar-refractivity contribution in [1.82, 2.24) is 4.90 Å². The smallest absolute Gasteiger partial charge is 0.349 e. The van der Waals surface area contributed by atoms with Gasteiger partial charge in [0.1, 0.15) is 5.56 Å². The van der Waals surface area contributed by atoms with E-state index >= 15 is 0 Å². The fourth-order valence-corrected chi connectivity index (χ4v) is 5.06. The fraction of sp³-hybridized carbons (Fsp3) is 0.238. The average molecular weight is 541 g/mol. The number of hydrogen-bond acceptors (Lipinski definition) is 4. The SMILES string of the molecule is Cc1ccc(Cl)cc1N1CCN(C(=O)c2cc3cc(Br)cc(Br)c3oc2=O)CC1. The van der Waals surface area contributed by atoms with Crippen molar-refractivity contribution in [2.45, 2.75) is 6.92 Å². The standard InChI is InChI=1S/C21H17Br2ClN2O3/c1-12-2-3-15(24)11-18(12)25-4-6-26(7-5-25)20(27)16-9-13-8-14(22)10-17(23)19(13)29-21(16)28/h2-3,8-11H,4-7H2,1H3. The highest BCUT2D eigenvalue weighted by atomic mass is 79.9. The molecule has 0 unspecified atom stereocenters. The first-order valence-electron chi connectivity index (χ1n) is 9.07. The molecule has 2 heterocycles. The van der Waals surface area contributed by atoms with Gasteiger partial charge in [0, 0.05) is 46.7 Å². The first kappa shape index (κ1) is 20.4. The predicted octanol–water partition coefficient (Wildman–Crippen LogP) is 5.24. The number of aryl methyl sites for hydroxylation is 1. The summed E-state index contributed by atoms with van der Waals surface area (Å²) in [4.78, 5) is 29.4. The van der Waals surface area contributed by atoms with E-state index in [1.165, 1.54) is 0 Å². The molecular formula is C21H17Br2ClN2O3. The Bertz CT molecular complexity index is 1170. The van der Waals surface area contributed by atoms with E-state index in [1.54, 1.807) is 17.0 Å². The molecule has 0 atom stereocenters. The van der Waals surface area contributed by atoms with Gasteiger partial charge in [-0.1, -0.05) is 33.6 Å². The Morgan fingerprint density at radius 2 is 1.79 bits per heavy atom. The Labute approximate surface area is 189 Å². The van der Waals surface area contributed by atoms with Gasteiger partial charge in [-0.3, -0.25) is 4.79 Å². The van der Waals surface area contributed by atoms with Crippen molar-refractivity contribution in [3.63, 3.8) is 0 Å². The third kappa shape index (κ3) is 4.09. The van der Waals surface area contributed by atoms with Gasteiger partial charge in [0.2, 0.25) is 0 Å². The van der Waals surface area contributed by atoms with E-state index < -0.39 is 5.63 Å². The van der Waals surface area contributed by atoms with Gasteiger partial charge in [-0.2, -0.15) is 0 Å². The highest BCUT2D eigenvalue weighted by molar-refractivity contribution is 9.11. The van der Waals surface area contributed by atoms with Gasteiger partial charge < -0.3 is 14.2 Å². The summed E-state index contributed by atoms with van der Waals surface area (Å²) >= 11 is 12.9. The van der Waals surface area contributed by atoms with Crippen LogP contribution >= 0.6 is 43.5 Å². The molecule has 0 aliphatic carbocycles. The number of carbonyl (C=O) groups excluding carboxylic acids is 1. The van der Waals surface area contributed by atoms with Crippen LogP contribution in [0.2, 0.25) is 5.02 Å². The number of hydrogen-bond donors (Lipinski definition) is 0. The lowest BCUT2D eigenvalue weighted by Gasteiger charge is -2.36. The molecule has 1 fully saturated rings. The number of piperazine rings is 1. The molecule has 150 valence electrons. The van der Waals surface area contributed by atoms with E-state index in [9.17, 15) is 9.59 Å². The number of benzene rings is 2. The van der Waals surface area contributed by atoms with Crippen molar-refractivity contribution in [3.05, 3.63) is 71.9 Å². The Balaban J connectivity index is 1.56. The highest BCUT2D eigenvalue weighted by Crippen LogP contribution is 2.29. The van der Waals surface area contributed by atoms with Crippen LogP contribution in [0, 0.1) is 6.92 Å². The zero-order valence-corrected chi connectivity index (χ0v) is 19.5. The maximum absolute atomic E-state index is 13.0. The summed E-state index contributed by atoms with van der Waals surface area (Å²) in [6.07, 6.45) is 0. The maximum Gasteiger partial charge on any atom is 0.349 e. The summed E-state index contributed by atoms with van der Waals surface area (Å²) in [6.45, 7) is 4.42. The molecule has 0 saturated carbocycles. The second-order valence-electron chi connectivity index (χ2n) is 6.96. The van der Waals surface area contributed by atoms with Crippen molar-refractivity contribution in [3.8, 4) is 0 Å². The highest BCUT2D eigenvalue weighted by Gasteiger charge is 2.26. The van der Waals surface area contributed by atoms with Crippen molar-refractivity contribution < 1.29 is 9.21 Å². The topological polar surface area (TPSA) is 53.8 Å². The maximum atomic E-state index is 13.0. The van der Waals surface area contributed by atoms with Crippen molar-refractivity contribution >= 4 is 66.0 Å². The lowest BCUT2D eigenvalue weighted by Crippen LogP contribution is -2.49. The lowest BCUT2D eigenvalue weighted by atomic mass is 10.1. The molecular weight excluding hydrogens is 524 g/mol. The molecule has 1 aliphatic rings. The second kappa shape index (κ2) is 8.13. The van der Waals surface area contributed by atoms with Crippen molar-refractivity contribution in [2.24, 2.45) is 0 Å². The van der Waals surface area contributed by atoms with Crippen LogP contribution in [0.15, 0.2) is 54.6 Å².